The van der Waals surface area contributed by atoms with E-state index in [0.717, 1.165) is 47.9 Å². The van der Waals surface area contributed by atoms with E-state index in [-0.39, 0.29) is 60.8 Å². The molecular formula is C62H65IN16O21P4S12. The largest absolute Gasteiger partial charge is 0.484 e. The van der Waals surface area contributed by atoms with E-state index < -0.39 is 30.9 Å². The Labute approximate surface area is 724 Å². The number of alkyl halides is 1. The van der Waals surface area contributed by atoms with Crippen molar-refractivity contribution in [2.45, 2.75) is 25.8 Å². The smallest absolute Gasteiger partial charge is 0.271 e. The highest BCUT2D eigenvalue weighted by Crippen LogP contribution is 2.69. The highest BCUT2D eigenvalue weighted by molar-refractivity contribution is 14.1. The quantitative estimate of drug-likeness (QED) is 0.00930. The number of imidazole rings is 2. The second kappa shape index (κ2) is 52.2. The molecule has 6 aromatic carbocycles. The molecule has 0 spiro atoms. The van der Waals surface area contributed by atoms with Gasteiger partial charge in [0.1, 0.15) is 89.1 Å². The van der Waals surface area contributed by atoms with E-state index in [1.54, 1.807) is 106 Å². The molecule has 14 rings (SSSR count). The Balaban J connectivity index is 0.000000207. The molecule has 54 heteroatoms. The number of carbonyl (C=O) groups is 1. The lowest BCUT2D eigenvalue weighted by Crippen LogP contribution is -2.28. The van der Waals surface area contributed by atoms with Gasteiger partial charge in [0.2, 0.25) is 0 Å². The van der Waals surface area contributed by atoms with Crippen LogP contribution in [0.4, 0.5) is 56.9 Å². The lowest BCUT2D eigenvalue weighted by atomic mass is 10.2. The summed E-state index contributed by atoms with van der Waals surface area (Å²) in [5.74, 6) is 5.59. The van der Waals surface area contributed by atoms with Crippen LogP contribution < -0.4 is 55.8 Å². The molecule has 0 bridgehead atoms. The van der Waals surface area contributed by atoms with Crippen LogP contribution >= 0.6 is 74.7 Å². The zero-order valence-corrected chi connectivity index (χ0v) is 76.3. The van der Waals surface area contributed by atoms with Gasteiger partial charge in [0, 0.05) is 147 Å². The molecule has 8 heterocycles. The van der Waals surface area contributed by atoms with E-state index in [1.165, 1.54) is 109 Å². The van der Waals surface area contributed by atoms with Crippen molar-refractivity contribution in [3.05, 3.63) is 196 Å². The molecule has 116 heavy (non-hydrogen) atoms. The van der Waals surface area contributed by atoms with E-state index in [1.807, 2.05) is 49.6 Å². The number of fused-ring (bicyclic) bond motifs is 10. The number of benzene rings is 6. The van der Waals surface area contributed by atoms with Crippen molar-refractivity contribution in [2.24, 2.45) is 15.7 Å². The summed E-state index contributed by atoms with van der Waals surface area (Å²) in [7, 11) is 21.4. The fourth-order valence-electron chi connectivity index (χ4n) is 9.13. The van der Waals surface area contributed by atoms with Crippen molar-refractivity contribution in [3.8, 4) is 45.9 Å². The van der Waals surface area contributed by atoms with E-state index in [0.29, 0.717) is 108 Å². The van der Waals surface area contributed by atoms with Crippen molar-refractivity contribution in [1.29, 1.82) is 0 Å². The number of thioether (sulfide) groups is 1. The average Bonchev–Trinajstić information content (AvgIpc) is 1.61. The van der Waals surface area contributed by atoms with Crippen molar-refractivity contribution >= 4 is 251 Å². The number of carbonyl (C=O) groups excluding carboxylic acids is 1. The fourth-order valence-corrected chi connectivity index (χ4v) is 45.0. The molecular weight excluding hydrogens is 1940 g/mol. The number of halogens is 1. The molecule has 0 saturated heterocycles. The molecule has 0 radical (unpaired) electrons. The molecule has 0 unspecified atom stereocenters. The number of nitrogens with zero attached hydrogens (tertiary/aromatic N) is 11. The average molecular weight is 2010 g/mol. The van der Waals surface area contributed by atoms with Gasteiger partial charge < -0.3 is 74.8 Å². The van der Waals surface area contributed by atoms with Crippen LogP contribution in [0, 0.1) is 50.6 Å². The van der Waals surface area contributed by atoms with Crippen LogP contribution in [-0.4, -0.2) is 157 Å². The van der Waals surface area contributed by atoms with E-state index >= 15 is 0 Å². The van der Waals surface area contributed by atoms with Gasteiger partial charge in [-0.15, -0.1) is 11.8 Å². The first kappa shape index (κ1) is 97.1. The molecule has 0 atom stereocenters. The Hall–Kier alpha value is -7.75. The zero-order chi connectivity index (χ0) is 84.6. The normalized spacial score (nSPS) is 13.2. The molecule has 6 aliphatic rings. The third kappa shape index (κ3) is 31.2. The Kier molecular flexibility index (Phi) is 43.7. The second-order valence-electron chi connectivity index (χ2n) is 21.3. The monoisotopic (exact) mass is 2000 g/mol. The molecule has 2 aromatic heterocycles. The van der Waals surface area contributed by atoms with Gasteiger partial charge in [-0.1, -0.05) is 58.4 Å². The molecule has 0 aliphatic carbocycles. The molecule has 8 aromatic rings. The number of amides is 1. The van der Waals surface area contributed by atoms with Gasteiger partial charge in [0.05, 0.1) is 66.6 Å². The number of hydrogen-bond acceptors (Lipinski definition) is 32. The van der Waals surface area contributed by atoms with E-state index in [4.69, 9.17) is 106 Å². The lowest BCUT2D eigenvalue weighted by Gasteiger charge is -2.21. The van der Waals surface area contributed by atoms with Crippen molar-refractivity contribution in [3.63, 3.8) is 0 Å². The number of amidine groups is 1. The number of methoxy groups -OCH3 is 4. The number of nitro benzene ring substituents is 5. The van der Waals surface area contributed by atoms with Gasteiger partial charge in [-0.2, -0.15) is 0 Å². The van der Waals surface area contributed by atoms with Crippen LogP contribution in [0.1, 0.15) is 11.6 Å². The minimum Gasteiger partial charge on any atom is -0.484 e. The van der Waals surface area contributed by atoms with Gasteiger partial charge in [-0.3, -0.25) is 69.5 Å². The third-order valence-corrected chi connectivity index (χ3v) is 49.0. The zero-order valence-electron chi connectivity index (χ0n) is 60.7. The molecule has 0 fully saturated rings. The third-order valence-electron chi connectivity index (χ3n) is 14.3. The van der Waals surface area contributed by atoms with Crippen LogP contribution in [-0.2, 0) is 135 Å². The Morgan fingerprint density at radius 3 is 1.49 bits per heavy atom. The predicted molar refractivity (Wildman–Crippen MR) is 489 cm³/mol. The molecule has 618 valence electrons. The Bertz CT molecular complexity index is 5200. The fraction of sp³-hybridized carbons (Fsp3) is 0.258. The minimum atomic E-state index is -0.527. The number of rotatable bonds is 15. The minimum absolute atomic E-state index is 0.00670. The molecule has 0 saturated carbocycles. The maximum Gasteiger partial charge on any atom is 0.271 e. The van der Waals surface area contributed by atoms with E-state index in [2.05, 4.69) is 58.5 Å². The summed E-state index contributed by atoms with van der Waals surface area (Å²) in [4.78, 5) is 80.7. The van der Waals surface area contributed by atoms with Crippen molar-refractivity contribution in [1.82, 2.24) is 19.1 Å². The first-order valence-electron chi connectivity index (χ1n) is 31.8. The summed E-state index contributed by atoms with van der Waals surface area (Å²) >= 11 is 23.2. The number of aliphatic imine (C=N–C) groups is 2. The molecule has 37 nitrogen and oxygen atoms in total. The number of nitrogen functional groups attached to an aromatic ring is 1. The van der Waals surface area contributed by atoms with Crippen molar-refractivity contribution in [2.75, 3.05) is 101 Å². The van der Waals surface area contributed by atoms with Gasteiger partial charge in [-0.25, -0.2) is 15.0 Å². The van der Waals surface area contributed by atoms with Gasteiger partial charge in [-0.05, 0) is 134 Å². The summed E-state index contributed by atoms with van der Waals surface area (Å²) in [5.41, 5.74) is 15.2. The summed E-state index contributed by atoms with van der Waals surface area (Å²) in [6, 6.07) is 27.3. The number of hydrogen-bond donors (Lipinski definition) is 5. The number of nitrogens with one attached hydrogen (secondary N) is 3. The number of non-ortho nitro benzene ring substituents is 5. The Morgan fingerprint density at radius 2 is 1.00 bits per heavy atom. The SMILES string of the molecule is CI.COC(CN)OC.COC(CN=C1COc2ccc([N+](=O)[O-])cc2N1)OC.CSC1=Nc2cc([N+](=O)[O-])ccc2OC1.Nc1ccc2c(c1)-n1ccnc1CO2.O=C1COc2ccc([N+](=O)[O-])cc2N1.O=[N+]([O-])c1ccc2c(c1)-n1ccnc1CO2.O=[N+]([O-])c1ccc2c(c1)NC(=S)CO2.S=PP(P=S)P=S=S=S=S=S=S=S=S. The standard InChI is InChI=1S/C12H15N3O5.C10H7N3O3.C10H9N3O.C9H8N2O3S.C8H6N2O4.C8H6N2O3S.C4H11NO2.CH3I.P4S10/c1-18-12(19-2)6-13-11-7-20-10-4-3-8(15(16)17)5-9(10)14-11;14-13(15)7-1-2-9-8(5-7)12-4-3-11-10(12)6-16-9;11-7-1-2-9-8(5-7)13-4-3-12-10(13)6-14-9;1-15-9-5-14-8-3-2-6(11(12)13)4-7(8)10-9;11-8-4-14-7-2-1-5(10(12)13)3-6(7)9-8;11-10(12)5-1-2-7-6(3-5)9-8(14)4-13-7;1-6-4(3-5)7-2;1-2;5-1-4(2-6)3-8-10-12-14-13-11-9-7/h3-5,12H,6-7H2,1-2H3,(H,13,14);1-5H,6H2;1-5H,6,11H2;2-4H,5H2,1H3;1-3H,4H2,(H,9,11);1-3H,4H2,(H,9,14);4H,3,5H2,1-2H3;1H3;. The van der Waals surface area contributed by atoms with Gasteiger partial charge in [0.25, 0.3) is 34.3 Å². The van der Waals surface area contributed by atoms with Crippen LogP contribution in [0.25, 0.3) is 11.4 Å². The van der Waals surface area contributed by atoms with Gasteiger partial charge >= 0.3 is 0 Å². The maximum atomic E-state index is 10.9. The second-order valence-corrected chi connectivity index (χ2v) is 48.5. The summed E-state index contributed by atoms with van der Waals surface area (Å²) in [5, 5.41) is 62.0. The highest BCUT2D eigenvalue weighted by atomic mass is 127. The number of thiocarbonyl (C=S) groups is 1. The highest BCUT2D eigenvalue weighted by Gasteiger charge is 2.25. The van der Waals surface area contributed by atoms with Crippen LogP contribution in [0.2, 0.25) is 0 Å². The first-order chi connectivity index (χ1) is 56.0. The topological polar surface area (TPSA) is 474 Å². The number of nitrogens with two attached hydrogens (primary N) is 2. The van der Waals surface area contributed by atoms with E-state index in [9.17, 15) is 55.4 Å². The number of aromatic nitrogens is 4. The predicted octanol–water partition coefficient (Wildman–Crippen LogP) is 13.5. The number of nitro groups is 5. The van der Waals surface area contributed by atoms with Crippen molar-refractivity contribution < 1.29 is 76.8 Å². The van der Waals surface area contributed by atoms with Crippen LogP contribution in [0.3, 0.4) is 0 Å². The summed E-state index contributed by atoms with van der Waals surface area (Å²) in [6.45, 7) is 2.45. The molecule has 7 N–H and O–H groups in total. The van der Waals surface area contributed by atoms with Gasteiger partial charge in [0.15, 0.2) is 30.8 Å². The van der Waals surface area contributed by atoms with Crippen LogP contribution in [0.15, 0.2) is 144 Å². The number of anilines is 4. The Morgan fingerprint density at radius 1 is 0.569 bits per heavy atom. The molecule has 1 amide bonds. The first-order valence-corrected chi connectivity index (χ1v) is 54.1. The maximum absolute atomic E-state index is 10.9. The summed E-state index contributed by atoms with van der Waals surface area (Å²) in [6.07, 6.45) is 8.31. The lowest BCUT2D eigenvalue weighted by molar-refractivity contribution is -0.385. The van der Waals surface area contributed by atoms with Crippen LogP contribution in [0.5, 0.6) is 34.5 Å². The number of ether oxygens (including phenoxy) is 10. The molecule has 6 aliphatic heterocycles. The summed E-state index contributed by atoms with van der Waals surface area (Å²) < 4.78 is 55.3.